The zero-order valence-electron chi connectivity index (χ0n) is 26.1. The Morgan fingerprint density at radius 2 is 1.22 bits per heavy atom. The Bertz CT molecular complexity index is 1070. The van der Waals surface area contributed by atoms with Crippen LogP contribution in [-0.2, 0) is 17.1 Å². The minimum Gasteiger partial charge on any atom is -0.493 e. The van der Waals surface area contributed by atoms with Crippen LogP contribution < -0.4 is 15.2 Å². The third-order valence-corrected chi connectivity index (χ3v) is 6.13. The molecule has 14 heteroatoms. The summed E-state index contributed by atoms with van der Waals surface area (Å²) in [5.74, 6) is -0.507. The fourth-order valence-electron chi connectivity index (χ4n) is 3.81. The molecular formula is C32H50F6N2O6. The van der Waals surface area contributed by atoms with Crippen LogP contribution in [-0.4, -0.2) is 43.6 Å². The predicted octanol–water partition coefficient (Wildman–Crippen LogP) is 9.86. The van der Waals surface area contributed by atoms with Gasteiger partial charge in [-0.05, 0) is 49.9 Å². The molecule has 8 nitrogen and oxygen atoms in total. The summed E-state index contributed by atoms with van der Waals surface area (Å²) in [5, 5.41) is 17.5. The van der Waals surface area contributed by atoms with Gasteiger partial charge in [-0.3, -0.25) is 10.1 Å². The quantitative estimate of drug-likeness (QED) is 0.0715. The minimum atomic E-state index is -4.68. The molecule has 266 valence electrons. The molecule has 1 fully saturated rings. The van der Waals surface area contributed by atoms with Crippen molar-refractivity contribution in [1.29, 1.82) is 0 Å². The van der Waals surface area contributed by atoms with E-state index in [1.54, 1.807) is 0 Å². The summed E-state index contributed by atoms with van der Waals surface area (Å²) in [4.78, 5) is 9.66. The SMILES string of the molecule is C.C1CCOC1.CCCCCCOc1ccc(N)cc1C(F)(F)F.CCCCCCOc1ccc([N+](=O)[O-])cc1C(F)(F)F.CO. The number of nitrogen functional groups attached to an aromatic ring is 1. The van der Waals surface area contributed by atoms with Crippen molar-refractivity contribution in [2.45, 2.75) is 97.8 Å². The second-order valence-electron chi connectivity index (χ2n) is 9.83. The van der Waals surface area contributed by atoms with Crippen molar-refractivity contribution in [2.24, 2.45) is 0 Å². The van der Waals surface area contributed by atoms with Gasteiger partial charge >= 0.3 is 12.4 Å². The number of nitro benzene ring substituents is 1. The lowest BCUT2D eigenvalue weighted by atomic mass is 10.1. The van der Waals surface area contributed by atoms with Gasteiger partial charge in [0, 0.05) is 38.1 Å². The number of halogens is 6. The number of alkyl halides is 6. The molecule has 3 N–H and O–H groups in total. The molecule has 3 rings (SSSR count). The van der Waals surface area contributed by atoms with Crippen LogP contribution in [0.5, 0.6) is 11.5 Å². The van der Waals surface area contributed by atoms with E-state index in [1.165, 1.54) is 25.0 Å². The van der Waals surface area contributed by atoms with E-state index < -0.39 is 34.1 Å². The van der Waals surface area contributed by atoms with Gasteiger partial charge in [-0.15, -0.1) is 0 Å². The topological polar surface area (TPSA) is 117 Å². The highest BCUT2D eigenvalue weighted by Gasteiger charge is 2.36. The average Bonchev–Trinajstić information content (AvgIpc) is 3.59. The van der Waals surface area contributed by atoms with Crippen molar-refractivity contribution in [1.82, 2.24) is 0 Å². The number of nitro groups is 1. The second-order valence-corrected chi connectivity index (χ2v) is 9.83. The molecule has 0 bridgehead atoms. The number of unbranched alkanes of at least 4 members (excludes halogenated alkanes) is 6. The van der Waals surface area contributed by atoms with Gasteiger partial charge < -0.3 is 25.1 Å². The summed E-state index contributed by atoms with van der Waals surface area (Å²) in [7, 11) is 1.00. The van der Waals surface area contributed by atoms with E-state index in [2.05, 4.69) is 6.92 Å². The number of aliphatic hydroxyl groups is 1. The van der Waals surface area contributed by atoms with Crippen LogP contribution in [0.3, 0.4) is 0 Å². The standard InChI is InChI=1S/C13H16F3NO3.C13H18F3NO.C4H8O.CH4O.CH4/c1-2-3-4-5-8-20-12-7-6-10(17(18)19)9-11(12)13(14,15)16;1-2-3-4-5-8-18-12-7-6-10(17)9-11(12)13(14,15)16;1-2-4-5-3-1;1-2;/h6-7,9H,2-5,8H2,1H3;6-7,9H,2-5,8,17H2,1H3;1-4H2;2H,1H3;1H4. The molecule has 1 aliphatic rings. The number of nitrogens with zero attached hydrogens (tertiary/aromatic N) is 1. The Kier molecular flexibility index (Phi) is 24.3. The zero-order chi connectivity index (χ0) is 34.3. The van der Waals surface area contributed by atoms with E-state index >= 15 is 0 Å². The van der Waals surface area contributed by atoms with Gasteiger partial charge in [0.05, 0.1) is 23.7 Å². The number of anilines is 1. The maximum Gasteiger partial charge on any atom is 0.420 e. The zero-order valence-corrected chi connectivity index (χ0v) is 26.1. The number of hydrogen-bond donors (Lipinski definition) is 2. The largest absolute Gasteiger partial charge is 0.493 e. The van der Waals surface area contributed by atoms with Crippen LogP contribution in [0.4, 0.5) is 37.7 Å². The number of aliphatic hydroxyl groups excluding tert-OH is 1. The number of benzene rings is 2. The van der Waals surface area contributed by atoms with Crippen molar-refractivity contribution in [2.75, 3.05) is 39.3 Å². The van der Waals surface area contributed by atoms with Crippen molar-refractivity contribution in [3.8, 4) is 11.5 Å². The molecule has 1 saturated heterocycles. The molecule has 0 spiro atoms. The highest BCUT2D eigenvalue weighted by molar-refractivity contribution is 5.49. The molecule has 1 heterocycles. The first-order valence-electron chi connectivity index (χ1n) is 14.9. The van der Waals surface area contributed by atoms with Crippen molar-refractivity contribution < 1.29 is 50.6 Å². The number of ether oxygens (including phenoxy) is 3. The van der Waals surface area contributed by atoms with Crippen molar-refractivity contribution >= 4 is 11.4 Å². The number of rotatable bonds is 13. The smallest absolute Gasteiger partial charge is 0.420 e. The van der Waals surface area contributed by atoms with Gasteiger partial charge in [0.25, 0.3) is 5.69 Å². The maximum absolute atomic E-state index is 12.8. The van der Waals surface area contributed by atoms with Gasteiger partial charge in [0.15, 0.2) is 0 Å². The van der Waals surface area contributed by atoms with E-state index in [-0.39, 0.29) is 31.2 Å². The predicted molar refractivity (Wildman–Crippen MR) is 168 cm³/mol. The van der Waals surface area contributed by atoms with Crippen LogP contribution in [0.1, 0.15) is 96.6 Å². The fourth-order valence-corrected chi connectivity index (χ4v) is 3.81. The summed E-state index contributed by atoms with van der Waals surface area (Å²) >= 11 is 0. The second kappa shape index (κ2) is 24.9. The van der Waals surface area contributed by atoms with E-state index in [1.807, 2.05) is 6.92 Å². The van der Waals surface area contributed by atoms with E-state index in [9.17, 15) is 36.5 Å². The third kappa shape index (κ3) is 19.3. The molecule has 2 aromatic carbocycles. The van der Waals surface area contributed by atoms with Gasteiger partial charge in [0.1, 0.15) is 17.1 Å². The molecule has 0 amide bonds. The van der Waals surface area contributed by atoms with Gasteiger partial charge in [-0.1, -0.05) is 59.8 Å². The van der Waals surface area contributed by atoms with Gasteiger partial charge in [0.2, 0.25) is 0 Å². The monoisotopic (exact) mass is 672 g/mol. The molecule has 46 heavy (non-hydrogen) atoms. The third-order valence-electron chi connectivity index (χ3n) is 6.13. The number of hydrogen-bond acceptors (Lipinski definition) is 7. The summed E-state index contributed by atoms with van der Waals surface area (Å²) in [6, 6.07) is 6.11. The molecule has 0 aromatic heterocycles. The summed E-state index contributed by atoms with van der Waals surface area (Å²) in [5.41, 5.74) is 2.93. The number of nitrogens with two attached hydrogens (primary N) is 1. The van der Waals surface area contributed by atoms with E-state index in [0.29, 0.717) is 19.1 Å². The lowest BCUT2D eigenvalue weighted by Crippen LogP contribution is -2.10. The first-order chi connectivity index (χ1) is 21.3. The first kappa shape index (κ1) is 44.9. The summed E-state index contributed by atoms with van der Waals surface area (Å²) in [6.45, 7) is 6.56. The van der Waals surface area contributed by atoms with E-state index in [0.717, 1.165) is 83.5 Å². The molecule has 2 aromatic rings. The Hall–Kier alpha value is -3.26. The summed E-state index contributed by atoms with van der Waals surface area (Å²) < 4.78 is 91.9. The first-order valence-corrected chi connectivity index (χ1v) is 14.9. The van der Waals surface area contributed by atoms with Gasteiger partial charge in [-0.2, -0.15) is 26.3 Å². The van der Waals surface area contributed by atoms with Crippen molar-refractivity contribution in [3.05, 3.63) is 57.6 Å². The molecule has 0 atom stereocenters. The molecule has 0 unspecified atom stereocenters. The number of non-ortho nitro benzene ring substituents is 1. The summed E-state index contributed by atoms with van der Waals surface area (Å²) in [6.07, 6.45) is 0.863. The maximum atomic E-state index is 12.8. The van der Waals surface area contributed by atoms with Crippen LogP contribution in [0.25, 0.3) is 0 Å². The van der Waals surface area contributed by atoms with Crippen LogP contribution in [0, 0.1) is 10.1 Å². The van der Waals surface area contributed by atoms with Crippen LogP contribution in [0.15, 0.2) is 36.4 Å². The molecule has 0 aliphatic carbocycles. The Labute approximate surface area is 268 Å². The lowest BCUT2D eigenvalue weighted by Gasteiger charge is -2.14. The molecule has 0 radical (unpaired) electrons. The molecule has 0 saturated carbocycles. The Morgan fingerprint density at radius 1 is 0.783 bits per heavy atom. The van der Waals surface area contributed by atoms with E-state index in [4.69, 9.17) is 25.1 Å². The Balaban J connectivity index is 0. The highest BCUT2D eigenvalue weighted by Crippen LogP contribution is 2.39. The van der Waals surface area contributed by atoms with Crippen LogP contribution in [0.2, 0.25) is 0 Å². The van der Waals surface area contributed by atoms with Crippen molar-refractivity contribution in [3.63, 3.8) is 0 Å². The lowest BCUT2D eigenvalue weighted by molar-refractivity contribution is -0.385. The molecular weight excluding hydrogens is 622 g/mol. The normalized spacial score (nSPS) is 12.2. The highest BCUT2D eigenvalue weighted by atomic mass is 19.4. The Morgan fingerprint density at radius 3 is 1.59 bits per heavy atom. The van der Waals surface area contributed by atoms with Gasteiger partial charge in [-0.25, -0.2) is 0 Å². The average molecular weight is 673 g/mol. The molecule has 1 aliphatic heterocycles. The minimum absolute atomic E-state index is 0. The fraction of sp³-hybridized carbons (Fsp3) is 0.625. The van der Waals surface area contributed by atoms with Crippen LogP contribution >= 0.6 is 0 Å².